The summed E-state index contributed by atoms with van der Waals surface area (Å²) >= 11 is -1.97. The maximum atomic E-state index is 10.6. The SMILES string of the molecule is O=S([O-])CN1CCC(Nc2cccnc2)CC1. The topological polar surface area (TPSA) is 68.3 Å². The summed E-state index contributed by atoms with van der Waals surface area (Å²) in [6, 6.07) is 4.31. The first kappa shape index (κ1) is 12.5. The molecule has 1 N–H and O–H groups in total. The number of anilines is 1. The average Bonchev–Trinajstić information content (AvgIpc) is 2.32. The molecule has 2 rings (SSSR count). The molecule has 1 aromatic rings. The van der Waals surface area contributed by atoms with E-state index >= 15 is 0 Å². The highest BCUT2D eigenvalue weighted by Crippen LogP contribution is 2.15. The molecule has 6 heteroatoms. The minimum absolute atomic E-state index is 0.152. The first-order valence-corrected chi connectivity index (χ1v) is 6.93. The van der Waals surface area contributed by atoms with Crippen LogP contribution in [0.3, 0.4) is 0 Å². The molecule has 1 atom stereocenters. The molecule has 1 unspecified atom stereocenters. The van der Waals surface area contributed by atoms with Crippen molar-refractivity contribution in [3.05, 3.63) is 24.5 Å². The number of nitrogens with zero attached hydrogens (tertiary/aromatic N) is 2. The summed E-state index contributed by atoms with van der Waals surface area (Å²) in [6.07, 6.45) is 5.48. The summed E-state index contributed by atoms with van der Waals surface area (Å²) in [7, 11) is 0. The van der Waals surface area contributed by atoms with Crippen molar-refractivity contribution < 1.29 is 8.76 Å². The van der Waals surface area contributed by atoms with Gasteiger partial charge in [0.1, 0.15) is 0 Å². The minimum atomic E-state index is -1.97. The molecule has 1 fully saturated rings. The monoisotopic (exact) mass is 254 g/mol. The van der Waals surface area contributed by atoms with Crippen molar-refractivity contribution in [1.29, 1.82) is 0 Å². The van der Waals surface area contributed by atoms with Crippen LogP contribution in [0.5, 0.6) is 0 Å². The molecule has 1 aliphatic heterocycles. The van der Waals surface area contributed by atoms with E-state index in [1.165, 1.54) is 0 Å². The highest BCUT2D eigenvalue weighted by molar-refractivity contribution is 7.79. The van der Waals surface area contributed by atoms with Crippen LogP contribution >= 0.6 is 0 Å². The standard InChI is InChI=1S/C11H17N3O2S/c15-17(16)9-14-6-3-10(4-7-14)13-11-2-1-5-12-8-11/h1-2,5,8,10,13H,3-4,6-7,9H2,(H,15,16)/p-1. The normalized spacial score (nSPS) is 20.1. The Kier molecular flexibility index (Phi) is 4.47. The largest absolute Gasteiger partial charge is 0.771 e. The molecule has 1 aromatic heterocycles. The molecule has 0 spiro atoms. The van der Waals surface area contributed by atoms with E-state index in [4.69, 9.17) is 0 Å². The van der Waals surface area contributed by atoms with Gasteiger partial charge in [0.15, 0.2) is 0 Å². The fourth-order valence-electron chi connectivity index (χ4n) is 2.04. The van der Waals surface area contributed by atoms with Crippen molar-refractivity contribution in [3.8, 4) is 0 Å². The lowest BCUT2D eigenvalue weighted by Crippen LogP contribution is -2.40. The fourth-order valence-corrected chi connectivity index (χ4v) is 2.60. The molecule has 1 saturated heterocycles. The Bertz CT molecular complexity index is 366. The van der Waals surface area contributed by atoms with Gasteiger partial charge in [-0.05, 0) is 36.1 Å². The molecule has 94 valence electrons. The minimum Gasteiger partial charge on any atom is -0.771 e. The zero-order valence-electron chi connectivity index (χ0n) is 9.54. The number of hydrogen-bond acceptors (Lipinski definition) is 5. The highest BCUT2D eigenvalue weighted by Gasteiger charge is 2.18. The Hall–Kier alpha value is -0.980. The van der Waals surface area contributed by atoms with Gasteiger partial charge in [0.05, 0.1) is 11.6 Å². The molecule has 0 saturated carbocycles. The Morgan fingerprint density at radius 2 is 2.29 bits per heavy atom. The van der Waals surface area contributed by atoms with Gasteiger partial charge in [-0.2, -0.15) is 0 Å². The molecule has 5 nitrogen and oxygen atoms in total. The van der Waals surface area contributed by atoms with E-state index in [-0.39, 0.29) is 5.88 Å². The van der Waals surface area contributed by atoms with Crippen molar-refractivity contribution in [2.45, 2.75) is 18.9 Å². The summed E-state index contributed by atoms with van der Waals surface area (Å²) in [5.74, 6) is 0.152. The second kappa shape index (κ2) is 6.09. The van der Waals surface area contributed by atoms with Crippen molar-refractivity contribution >= 4 is 16.8 Å². The van der Waals surface area contributed by atoms with E-state index in [0.29, 0.717) is 6.04 Å². The zero-order chi connectivity index (χ0) is 12.1. The second-order valence-corrected chi connectivity index (χ2v) is 5.08. The smallest absolute Gasteiger partial charge is 0.0613 e. The van der Waals surface area contributed by atoms with Crippen LogP contribution in [0.1, 0.15) is 12.8 Å². The van der Waals surface area contributed by atoms with Gasteiger partial charge in [-0.25, -0.2) is 0 Å². The Labute approximate surface area is 104 Å². The van der Waals surface area contributed by atoms with Crippen LogP contribution in [0, 0.1) is 0 Å². The Morgan fingerprint density at radius 3 is 2.88 bits per heavy atom. The lowest BCUT2D eigenvalue weighted by molar-refractivity contribution is 0.247. The van der Waals surface area contributed by atoms with Gasteiger partial charge in [0, 0.05) is 31.5 Å². The molecule has 0 amide bonds. The average molecular weight is 254 g/mol. The molecule has 0 aliphatic carbocycles. The van der Waals surface area contributed by atoms with E-state index in [9.17, 15) is 8.76 Å². The number of nitrogens with one attached hydrogen (secondary N) is 1. The molecule has 0 radical (unpaired) electrons. The van der Waals surface area contributed by atoms with Crippen molar-refractivity contribution in [1.82, 2.24) is 9.88 Å². The maximum absolute atomic E-state index is 10.6. The molecular weight excluding hydrogens is 238 g/mol. The van der Waals surface area contributed by atoms with Crippen molar-refractivity contribution in [2.75, 3.05) is 24.3 Å². The summed E-state index contributed by atoms with van der Waals surface area (Å²) in [4.78, 5) is 6.01. The number of pyridine rings is 1. The first-order valence-electron chi connectivity index (χ1n) is 5.69. The lowest BCUT2D eigenvalue weighted by Gasteiger charge is -2.33. The fraction of sp³-hybridized carbons (Fsp3) is 0.545. The predicted octanol–water partition coefficient (Wildman–Crippen LogP) is 0.794. The second-order valence-electron chi connectivity index (χ2n) is 4.21. The number of hydrogen-bond donors (Lipinski definition) is 1. The van der Waals surface area contributed by atoms with Crippen LogP contribution in [-0.4, -0.2) is 43.7 Å². The summed E-state index contributed by atoms with van der Waals surface area (Å²) in [5, 5.41) is 3.41. The van der Waals surface area contributed by atoms with Crippen LogP contribution in [0.25, 0.3) is 0 Å². The third-order valence-electron chi connectivity index (χ3n) is 2.91. The molecule has 17 heavy (non-hydrogen) atoms. The van der Waals surface area contributed by atoms with Gasteiger partial charge in [0.2, 0.25) is 0 Å². The number of aromatic nitrogens is 1. The number of rotatable bonds is 4. The Morgan fingerprint density at radius 1 is 1.53 bits per heavy atom. The third kappa shape index (κ3) is 4.07. The van der Waals surface area contributed by atoms with E-state index in [1.807, 2.05) is 17.0 Å². The number of piperidine rings is 1. The van der Waals surface area contributed by atoms with Gasteiger partial charge in [-0.1, -0.05) is 0 Å². The van der Waals surface area contributed by atoms with Crippen molar-refractivity contribution in [3.63, 3.8) is 0 Å². The van der Waals surface area contributed by atoms with Gasteiger partial charge >= 0.3 is 0 Å². The van der Waals surface area contributed by atoms with E-state index in [2.05, 4.69) is 10.3 Å². The highest BCUT2D eigenvalue weighted by atomic mass is 32.2. The van der Waals surface area contributed by atoms with Crippen molar-refractivity contribution in [2.24, 2.45) is 0 Å². The molecule has 1 aliphatic rings. The quantitative estimate of drug-likeness (QED) is 0.805. The predicted molar refractivity (Wildman–Crippen MR) is 66.2 cm³/mol. The van der Waals surface area contributed by atoms with Crippen LogP contribution in [0.15, 0.2) is 24.5 Å². The number of likely N-dealkylation sites (tertiary alicyclic amines) is 1. The maximum Gasteiger partial charge on any atom is 0.0613 e. The summed E-state index contributed by atoms with van der Waals surface area (Å²) < 4.78 is 21.1. The molecule has 0 aromatic carbocycles. The van der Waals surface area contributed by atoms with Gasteiger partial charge in [-0.3, -0.25) is 14.1 Å². The molecular formula is C11H16N3O2S-. The van der Waals surface area contributed by atoms with E-state index < -0.39 is 11.1 Å². The van der Waals surface area contributed by atoms with Crippen LogP contribution in [0.4, 0.5) is 5.69 Å². The van der Waals surface area contributed by atoms with Gasteiger partial charge < -0.3 is 9.87 Å². The van der Waals surface area contributed by atoms with E-state index in [1.54, 1.807) is 12.4 Å². The molecule has 0 bridgehead atoms. The van der Waals surface area contributed by atoms with Gasteiger partial charge in [-0.15, -0.1) is 0 Å². The third-order valence-corrected chi connectivity index (χ3v) is 3.48. The first-order chi connectivity index (χ1) is 8.24. The van der Waals surface area contributed by atoms with Crippen LogP contribution in [-0.2, 0) is 11.1 Å². The van der Waals surface area contributed by atoms with Crippen LogP contribution < -0.4 is 5.32 Å². The molecule has 2 heterocycles. The van der Waals surface area contributed by atoms with Crippen LogP contribution in [0.2, 0.25) is 0 Å². The van der Waals surface area contributed by atoms with E-state index in [0.717, 1.165) is 31.6 Å². The zero-order valence-corrected chi connectivity index (χ0v) is 10.4. The summed E-state index contributed by atoms with van der Waals surface area (Å²) in [5.41, 5.74) is 1.03. The summed E-state index contributed by atoms with van der Waals surface area (Å²) in [6.45, 7) is 1.65. The van der Waals surface area contributed by atoms with Gasteiger partial charge in [0.25, 0.3) is 0 Å². The lowest BCUT2D eigenvalue weighted by atomic mass is 10.1. The Balaban J connectivity index is 1.78.